The van der Waals surface area contributed by atoms with Crippen molar-refractivity contribution in [3.05, 3.63) is 235 Å². The summed E-state index contributed by atoms with van der Waals surface area (Å²) in [4.78, 5) is 19.1. The van der Waals surface area contributed by atoms with Crippen LogP contribution in [0.4, 0.5) is 57.1 Å². The second-order valence-electron chi connectivity index (χ2n) is 38.2. The Balaban J connectivity index is 0.000000194. The summed E-state index contributed by atoms with van der Waals surface area (Å²) in [6.07, 6.45) is 7.56. The topological polar surface area (TPSA) is 185 Å². The summed E-state index contributed by atoms with van der Waals surface area (Å²) < 4.78 is 201. The highest BCUT2D eigenvalue weighted by Gasteiger charge is 2.49. The van der Waals surface area contributed by atoms with Gasteiger partial charge < -0.3 is 58.3 Å². The number of carboxylic acids is 1. The standard InChI is InChI=1S/C26H31ClF3NO2.C25H29ClF3NO2.C23H36ClNO3.C19H28ClNO2.C7H4F4.C4H8O.C2HF3O2.CH4O/c1-32-17-24-19(16-33-23-11-7-21(8-12-23)26(28,29)30)4-2-15-31(24)18-25(13-3-14-25)20-5-9-22(27)10-6-20;26-21-8-4-19(5-9-21)24(12-2-13-24)17-30-14-1-3-18(23(30)15-31)16-32-22-10-6-20(7-11-22)25(27,28)29;1-4-27-18(2)28-15-19-7-5-14-25(22(19)16-26-3)17-23(12-6-13-23)20-8-10-21(24)11-9-20;1-23-13-18-15(12-22)4-2-11-21(18)14-19(9-3-10-19)16-5-7-17(20)8-6-16;8-6-3-1-5(2-4-6)7(9,10)11;1-2-4-5-3-1;3-2(4,5)1(6)7;1-2/h5-12,19,24H,2-4,13-18H2,1H3;4-11,18,23,31H,1-3,12-17H2;8-11,18-19,22H,4-7,12-17H2,1-3H3;5-8,15,18,22H,2-4,9-14H2,1H3;1-4H;1-4H2;(H,6,7);2H,1H3/t19-,24+;18-,23+;18?,19-,22+;15-,18+;;;;/m0000..../s1. The fourth-order valence-corrected chi connectivity index (χ4v) is 21.4. The van der Waals surface area contributed by atoms with Gasteiger partial charge in [0.05, 0.1) is 62.9 Å². The predicted octanol–water partition coefficient (Wildman–Crippen LogP) is 24.8. The highest BCUT2D eigenvalue weighted by Crippen LogP contribution is 2.51. The van der Waals surface area contributed by atoms with Crippen LogP contribution in [-0.2, 0) is 73.4 Å². The van der Waals surface area contributed by atoms with Gasteiger partial charge in [0.2, 0.25) is 0 Å². The molecule has 0 spiro atoms. The molecule has 9 atom stereocenters. The number of nitrogens with zero attached hydrogens (tertiary/aromatic N) is 4. The highest BCUT2D eigenvalue weighted by molar-refractivity contribution is 6.31. The van der Waals surface area contributed by atoms with E-state index in [4.69, 9.17) is 99.3 Å². The number of ether oxygens (including phenoxy) is 8. The number of likely N-dealkylation sites (tertiary alicyclic amines) is 4. The highest BCUT2D eigenvalue weighted by atomic mass is 35.5. The number of aliphatic hydroxyl groups excluding tert-OH is 3. The first kappa shape index (κ1) is 118. The molecule has 9 fully saturated rings. The number of benzene rings is 7. The van der Waals surface area contributed by atoms with Crippen LogP contribution in [0.1, 0.15) is 194 Å². The zero-order valence-corrected chi connectivity index (χ0v) is 84.6. The molecule has 5 heterocycles. The lowest BCUT2D eigenvalue weighted by atomic mass is 9.63. The summed E-state index contributed by atoms with van der Waals surface area (Å²) in [5.41, 5.74) is 4.06. The normalized spacial score (nSPS) is 22.8. The lowest BCUT2D eigenvalue weighted by molar-refractivity contribution is -0.192. The Morgan fingerprint density at radius 2 is 0.652 bits per heavy atom. The van der Waals surface area contributed by atoms with Gasteiger partial charge in [-0.05, 0) is 305 Å². The van der Waals surface area contributed by atoms with E-state index < -0.39 is 53.2 Å². The van der Waals surface area contributed by atoms with Crippen LogP contribution in [0.5, 0.6) is 11.5 Å². The molecular formula is C107H141Cl4F13N4O13. The second kappa shape index (κ2) is 57.0. The number of rotatable bonds is 31. The van der Waals surface area contributed by atoms with E-state index in [1.54, 1.807) is 14.2 Å². The van der Waals surface area contributed by atoms with Crippen LogP contribution >= 0.6 is 46.4 Å². The summed E-state index contributed by atoms with van der Waals surface area (Å²) in [7, 11) is 6.30. The number of hydrogen-bond acceptors (Lipinski definition) is 16. The SMILES string of the molecule is C1CCOC1.CCOC(C)OC[C@@H]1CCCN(CC2(c3ccc(Cl)cc3)CCC2)[C@@H]1COC.CO.COC[C@@H]1[C@H](CO)CCCN1CC1(c2ccc(Cl)cc2)CCC1.COC[C@@H]1[C@H](COc2ccc(C(F)(F)F)cc2)CCCN1CC1(c2ccc(Cl)cc2)CCC1.Fc1ccc(C(F)(F)F)cc1.O=C(O)C(F)(F)F.OC[C@@H]1[C@H](COc2ccc(C(F)(F)F)cc2)CCCN1CC1(c2ccc(Cl)cc2)CCC1. The van der Waals surface area contributed by atoms with Gasteiger partial charge in [-0.1, -0.05) is 121 Å². The van der Waals surface area contributed by atoms with Gasteiger partial charge in [-0.25, -0.2) is 9.18 Å². The Bertz CT molecular complexity index is 4690. The number of alkyl halides is 12. The van der Waals surface area contributed by atoms with E-state index in [9.17, 15) is 67.3 Å². The molecule has 4 saturated carbocycles. The van der Waals surface area contributed by atoms with E-state index in [1.165, 1.54) is 130 Å². The fraction of sp³-hybridized carbons (Fsp3) is 0.598. The number of halogens is 17. The molecule has 9 aliphatic rings. The first-order valence-electron chi connectivity index (χ1n) is 49.0. The van der Waals surface area contributed by atoms with Crippen LogP contribution in [0.3, 0.4) is 0 Å². The van der Waals surface area contributed by atoms with Gasteiger partial charge in [0.1, 0.15) is 17.3 Å². The molecule has 0 radical (unpaired) electrons. The van der Waals surface area contributed by atoms with Gasteiger partial charge in [-0.2, -0.15) is 52.7 Å². The van der Waals surface area contributed by atoms with Crippen LogP contribution in [0, 0.1) is 29.5 Å². The van der Waals surface area contributed by atoms with Crippen LogP contribution in [0.2, 0.25) is 20.1 Å². The zero-order chi connectivity index (χ0) is 103. The van der Waals surface area contributed by atoms with Crippen LogP contribution in [-0.4, -0.2) is 236 Å². The molecular weight excluding hydrogens is 1940 g/mol. The zero-order valence-electron chi connectivity index (χ0n) is 81.5. The maximum atomic E-state index is 12.8. The molecule has 0 aromatic heterocycles. The fourth-order valence-electron chi connectivity index (χ4n) is 20.8. The molecule has 7 aromatic rings. The predicted molar refractivity (Wildman–Crippen MR) is 524 cm³/mol. The lowest BCUT2D eigenvalue weighted by Gasteiger charge is -2.50. The molecule has 7 aromatic carbocycles. The first-order chi connectivity index (χ1) is 67.3. The molecule has 17 nitrogen and oxygen atoms in total. The summed E-state index contributed by atoms with van der Waals surface area (Å²) in [5.74, 6) is -1.34. The lowest BCUT2D eigenvalue weighted by Crippen LogP contribution is -2.55. The van der Waals surface area contributed by atoms with Gasteiger partial charge in [0.25, 0.3) is 0 Å². The maximum Gasteiger partial charge on any atom is 0.490 e. The molecule has 4 aliphatic carbocycles. The molecule has 4 N–H and O–H groups in total. The van der Waals surface area contributed by atoms with E-state index in [1.807, 2.05) is 69.5 Å². The molecule has 0 bridgehead atoms. The average Bonchev–Trinajstić information content (AvgIpc) is 0.953. The van der Waals surface area contributed by atoms with E-state index >= 15 is 0 Å². The van der Waals surface area contributed by atoms with Crippen LogP contribution in [0.15, 0.2) is 170 Å². The number of aliphatic hydroxyl groups is 3. The number of hydrogen-bond donors (Lipinski definition) is 4. The van der Waals surface area contributed by atoms with Gasteiger partial charge >= 0.3 is 30.7 Å². The van der Waals surface area contributed by atoms with Crippen molar-refractivity contribution in [1.29, 1.82) is 0 Å². The molecule has 16 rings (SSSR count). The third-order valence-electron chi connectivity index (χ3n) is 29.1. The Hall–Kier alpha value is -6.66. The third-order valence-corrected chi connectivity index (χ3v) is 30.1. The summed E-state index contributed by atoms with van der Waals surface area (Å²) in [6.45, 7) is 18.8. The van der Waals surface area contributed by atoms with Crippen molar-refractivity contribution >= 4 is 52.4 Å². The minimum Gasteiger partial charge on any atom is -0.493 e. The Kier molecular flexibility index (Phi) is 47.7. The second-order valence-corrected chi connectivity index (χ2v) is 40.0. The van der Waals surface area contributed by atoms with Crippen molar-refractivity contribution in [1.82, 2.24) is 19.6 Å². The largest absolute Gasteiger partial charge is 0.493 e. The number of carbonyl (C=O) groups is 1. The quantitative estimate of drug-likeness (QED) is 0.0237. The summed E-state index contributed by atoms with van der Waals surface area (Å²) in [5, 5.41) is 37.2. The van der Waals surface area contributed by atoms with Gasteiger partial charge in [-0.15, -0.1) is 0 Å². The first-order valence-corrected chi connectivity index (χ1v) is 50.5. The molecule has 1 unspecified atom stereocenters. The Morgan fingerprint density at radius 1 is 0.383 bits per heavy atom. The summed E-state index contributed by atoms with van der Waals surface area (Å²) >= 11 is 24.4. The average molecular weight is 2080 g/mol. The van der Waals surface area contributed by atoms with Crippen molar-refractivity contribution in [2.24, 2.45) is 23.7 Å². The molecule has 34 heteroatoms. The molecule has 786 valence electrons. The number of piperidine rings is 4. The van der Waals surface area contributed by atoms with Crippen molar-refractivity contribution in [3.8, 4) is 11.5 Å². The van der Waals surface area contributed by atoms with E-state index in [2.05, 4.69) is 68.1 Å². The smallest absolute Gasteiger partial charge is 0.490 e. The minimum atomic E-state index is -5.08. The molecule has 0 amide bonds. The number of methoxy groups -OCH3 is 3. The van der Waals surface area contributed by atoms with Crippen molar-refractivity contribution < 1.29 is 120 Å². The Morgan fingerprint density at radius 3 is 0.894 bits per heavy atom. The molecule has 141 heavy (non-hydrogen) atoms. The minimum absolute atomic E-state index is 0.0250. The monoisotopic (exact) mass is 2080 g/mol. The van der Waals surface area contributed by atoms with Crippen molar-refractivity contribution in [3.63, 3.8) is 0 Å². The number of aliphatic carboxylic acids is 1. The van der Waals surface area contributed by atoms with Crippen molar-refractivity contribution in [2.75, 3.05) is 153 Å². The van der Waals surface area contributed by atoms with Crippen molar-refractivity contribution in [2.45, 2.75) is 232 Å². The molecule has 5 saturated heterocycles. The third kappa shape index (κ3) is 35.3. The van der Waals surface area contributed by atoms with Crippen LogP contribution in [0.25, 0.3) is 0 Å². The maximum absolute atomic E-state index is 12.8. The molecule has 5 aliphatic heterocycles. The van der Waals surface area contributed by atoms with E-state index in [0.717, 1.165) is 200 Å². The Labute approximate surface area is 842 Å². The van der Waals surface area contributed by atoms with Gasteiger partial charge in [-0.3, -0.25) is 19.6 Å². The van der Waals surface area contributed by atoms with E-state index in [-0.39, 0.29) is 65.1 Å². The van der Waals surface area contributed by atoms with Gasteiger partial charge in [0, 0.05) is 165 Å². The van der Waals surface area contributed by atoms with Crippen LogP contribution < -0.4 is 9.47 Å². The van der Waals surface area contributed by atoms with Gasteiger partial charge in [0.15, 0.2) is 6.29 Å². The number of carboxylic acid groups (broad SMARTS) is 1. The van der Waals surface area contributed by atoms with E-state index in [0.29, 0.717) is 80.6 Å². The summed E-state index contributed by atoms with van der Waals surface area (Å²) in [6, 6.07) is 46.9.